The number of pyridine rings is 1. The average molecular weight is 345 g/mol. The van der Waals surface area contributed by atoms with Crippen LogP contribution in [0.2, 0.25) is 0 Å². The Labute approximate surface area is 152 Å². The maximum absolute atomic E-state index is 12.4. The highest BCUT2D eigenvalue weighted by Gasteiger charge is 2.51. The summed E-state index contributed by atoms with van der Waals surface area (Å²) in [5.74, 6) is 6.73. The maximum Gasteiger partial charge on any atom is 0.415 e. The third-order valence-corrected chi connectivity index (χ3v) is 5.03. The Morgan fingerprint density at radius 1 is 1.19 bits per heavy atom. The SMILES string of the molecule is C=N[C@]12CCC[C@@H]1OC(=O)N(c1ccc(C#Cc3ccccc3)cn1)C2. The van der Waals surface area contributed by atoms with E-state index in [1.165, 1.54) is 0 Å². The van der Waals surface area contributed by atoms with Crippen LogP contribution in [0, 0.1) is 11.8 Å². The van der Waals surface area contributed by atoms with Gasteiger partial charge in [0, 0.05) is 17.3 Å². The van der Waals surface area contributed by atoms with E-state index in [1.807, 2.05) is 36.4 Å². The summed E-state index contributed by atoms with van der Waals surface area (Å²) >= 11 is 0. The van der Waals surface area contributed by atoms with Gasteiger partial charge in [0.2, 0.25) is 0 Å². The van der Waals surface area contributed by atoms with Crippen molar-refractivity contribution < 1.29 is 9.53 Å². The van der Waals surface area contributed by atoms with E-state index in [2.05, 4.69) is 28.5 Å². The molecule has 2 aromatic rings. The molecule has 0 unspecified atom stereocenters. The standard InChI is InChI=1S/C21H19N3O2/c1-22-21-13-5-8-18(21)26-20(25)24(15-21)19-12-11-17(14-23-19)10-9-16-6-3-2-4-7-16/h2-4,6-7,11-12,14,18H,1,5,8,13,15H2/t18-,21-/m0/s1. The fraction of sp³-hybridized carbons (Fsp3) is 0.286. The van der Waals surface area contributed by atoms with Gasteiger partial charge in [0.1, 0.15) is 17.5 Å². The second kappa shape index (κ2) is 6.64. The van der Waals surface area contributed by atoms with Crippen LogP contribution < -0.4 is 4.90 Å². The summed E-state index contributed by atoms with van der Waals surface area (Å²) in [6.07, 6.45) is 3.86. The van der Waals surface area contributed by atoms with Crippen molar-refractivity contribution in [2.45, 2.75) is 30.9 Å². The molecule has 1 aromatic carbocycles. The summed E-state index contributed by atoms with van der Waals surface area (Å²) in [4.78, 5) is 22.6. The number of carbonyl (C=O) groups is 1. The minimum absolute atomic E-state index is 0.167. The average Bonchev–Trinajstić information content (AvgIpc) is 3.10. The van der Waals surface area contributed by atoms with E-state index in [0.717, 1.165) is 30.4 Å². The van der Waals surface area contributed by atoms with Crippen LogP contribution in [-0.2, 0) is 4.74 Å². The predicted octanol–water partition coefficient (Wildman–Crippen LogP) is 3.43. The van der Waals surface area contributed by atoms with E-state index in [9.17, 15) is 4.79 Å². The minimum Gasteiger partial charge on any atom is -0.443 e. The van der Waals surface area contributed by atoms with Gasteiger partial charge in [-0.2, -0.15) is 0 Å². The van der Waals surface area contributed by atoms with Crippen LogP contribution in [0.4, 0.5) is 10.6 Å². The highest BCUT2D eigenvalue weighted by molar-refractivity contribution is 5.88. The van der Waals surface area contributed by atoms with Crippen molar-refractivity contribution in [2.75, 3.05) is 11.4 Å². The monoisotopic (exact) mass is 345 g/mol. The number of amides is 1. The highest BCUT2D eigenvalue weighted by atomic mass is 16.6. The van der Waals surface area contributed by atoms with Crippen LogP contribution in [0.15, 0.2) is 53.7 Å². The quantitative estimate of drug-likeness (QED) is 0.619. The summed E-state index contributed by atoms with van der Waals surface area (Å²) in [6.45, 7) is 4.19. The fourth-order valence-corrected chi connectivity index (χ4v) is 3.59. The van der Waals surface area contributed by atoms with E-state index in [-0.39, 0.29) is 12.2 Å². The van der Waals surface area contributed by atoms with Gasteiger partial charge >= 0.3 is 6.09 Å². The molecule has 5 heteroatoms. The number of aliphatic imine (C=N–C) groups is 1. The van der Waals surface area contributed by atoms with Gasteiger partial charge in [-0.05, 0) is 50.2 Å². The first-order valence-corrected chi connectivity index (χ1v) is 8.69. The molecule has 2 heterocycles. The second-order valence-corrected chi connectivity index (χ2v) is 6.63. The molecule has 0 spiro atoms. The first-order valence-electron chi connectivity index (χ1n) is 8.69. The van der Waals surface area contributed by atoms with Gasteiger partial charge in [-0.15, -0.1) is 0 Å². The first kappa shape index (κ1) is 16.3. The van der Waals surface area contributed by atoms with E-state index in [1.54, 1.807) is 17.2 Å². The van der Waals surface area contributed by atoms with Crippen molar-refractivity contribution in [3.8, 4) is 11.8 Å². The topological polar surface area (TPSA) is 54.8 Å². The lowest BCUT2D eigenvalue weighted by atomic mass is 9.94. The van der Waals surface area contributed by atoms with Crippen molar-refractivity contribution in [2.24, 2.45) is 4.99 Å². The van der Waals surface area contributed by atoms with E-state index < -0.39 is 5.54 Å². The van der Waals surface area contributed by atoms with E-state index in [0.29, 0.717) is 12.4 Å². The third-order valence-electron chi connectivity index (χ3n) is 5.03. The van der Waals surface area contributed by atoms with Crippen molar-refractivity contribution in [3.63, 3.8) is 0 Å². The lowest BCUT2D eigenvalue weighted by Crippen LogP contribution is -2.56. The maximum atomic E-state index is 12.4. The predicted molar refractivity (Wildman–Crippen MR) is 100 cm³/mol. The van der Waals surface area contributed by atoms with Gasteiger partial charge < -0.3 is 4.74 Å². The van der Waals surface area contributed by atoms with Crippen molar-refractivity contribution in [1.82, 2.24) is 4.98 Å². The zero-order valence-electron chi connectivity index (χ0n) is 14.4. The molecule has 1 saturated carbocycles. The Morgan fingerprint density at radius 2 is 2.00 bits per heavy atom. The minimum atomic E-state index is -0.415. The van der Waals surface area contributed by atoms with Crippen molar-refractivity contribution in [3.05, 3.63) is 59.8 Å². The van der Waals surface area contributed by atoms with Crippen molar-refractivity contribution >= 4 is 18.6 Å². The molecule has 4 rings (SSSR count). The summed E-state index contributed by atoms with van der Waals surface area (Å²) in [5, 5.41) is 0. The van der Waals surface area contributed by atoms with Crippen molar-refractivity contribution in [1.29, 1.82) is 0 Å². The lowest BCUT2D eigenvalue weighted by molar-refractivity contribution is 0.0507. The second-order valence-electron chi connectivity index (χ2n) is 6.63. The molecule has 1 amide bonds. The molecule has 1 aliphatic carbocycles. The molecule has 5 nitrogen and oxygen atoms in total. The summed E-state index contributed by atoms with van der Waals surface area (Å²) < 4.78 is 5.59. The molecular weight excluding hydrogens is 326 g/mol. The largest absolute Gasteiger partial charge is 0.443 e. The van der Waals surface area contributed by atoms with Crippen LogP contribution in [0.25, 0.3) is 0 Å². The first-order chi connectivity index (χ1) is 12.7. The number of carbonyl (C=O) groups excluding carboxylic acids is 1. The van der Waals surface area contributed by atoms with Gasteiger partial charge in [0.15, 0.2) is 0 Å². The van der Waals surface area contributed by atoms with Gasteiger partial charge in [0.25, 0.3) is 0 Å². The lowest BCUT2D eigenvalue weighted by Gasteiger charge is -2.40. The Hall–Kier alpha value is -3.13. The molecule has 2 fully saturated rings. The van der Waals surface area contributed by atoms with Crippen LogP contribution in [0.5, 0.6) is 0 Å². The molecule has 130 valence electrons. The molecule has 2 aliphatic rings. The number of aromatic nitrogens is 1. The van der Waals surface area contributed by atoms with Crippen LogP contribution in [0.1, 0.15) is 30.4 Å². The van der Waals surface area contributed by atoms with Gasteiger partial charge in [-0.25, -0.2) is 9.78 Å². The number of hydrogen-bond acceptors (Lipinski definition) is 4. The molecule has 0 radical (unpaired) electrons. The summed E-state index contributed by atoms with van der Waals surface area (Å²) in [5.41, 5.74) is 1.32. The Balaban J connectivity index is 1.54. The van der Waals surface area contributed by atoms with Gasteiger partial charge in [0.05, 0.1) is 6.54 Å². The highest BCUT2D eigenvalue weighted by Crippen LogP contribution is 2.40. The fourth-order valence-electron chi connectivity index (χ4n) is 3.59. The molecule has 2 atom stereocenters. The van der Waals surface area contributed by atoms with E-state index in [4.69, 9.17) is 4.74 Å². The Bertz CT molecular complexity index is 883. The number of ether oxygens (including phenoxy) is 1. The Kier molecular flexibility index (Phi) is 4.18. The number of nitrogens with zero attached hydrogens (tertiary/aromatic N) is 3. The third kappa shape index (κ3) is 2.95. The zero-order valence-corrected chi connectivity index (χ0v) is 14.4. The van der Waals surface area contributed by atoms with Gasteiger partial charge in [-0.3, -0.25) is 9.89 Å². The number of anilines is 1. The van der Waals surface area contributed by atoms with E-state index >= 15 is 0 Å². The summed E-state index contributed by atoms with van der Waals surface area (Å²) in [7, 11) is 0. The molecule has 1 aliphatic heterocycles. The van der Waals surface area contributed by atoms with Crippen LogP contribution in [-0.4, -0.2) is 36.0 Å². The smallest absolute Gasteiger partial charge is 0.415 e. The molecule has 0 bridgehead atoms. The number of fused-ring (bicyclic) bond motifs is 1. The Morgan fingerprint density at radius 3 is 2.73 bits per heavy atom. The molecule has 1 aromatic heterocycles. The van der Waals surface area contributed by atoms with Crippen LogP contribution >= 0.6 is 0 Å². The number of benzene rings is 1. The molecule has 1 saturated heterocycles. The normalized spacial score (nSPS) is 24.2. The molecule has 0 N–H and O–H groups in total. The molecular formula is C21H19N3O2. The van der Waals surface area contributed by atoms with Crippen LogP contribution in [0.3, 0.4) is 0 Å². The molecule has 26 heavy (non-hydrogen) atoms. The number of hydrogen-bond donors (Lipinski definition) is 0. The van der Waals surface area contributed by atoms with Gasteiger partial charge in [-0.1, -0.05) is 30.0 Å². The number of rotatable bonds is 2. The summed E-state index contributed by atoms with van der Waals surface area (Å²) in [6, 6.07) is 13.4. The zero-order chi connectivity index (χ0) is 18.0.